The van der Waals surface area contributed by atoms with E-state index in [0.29, 0.717) is 0 Å². The zero-order valence-electron chi connectivity index (χ0n) is 9.04. The van der Waals surface area contributed by atoms with Gasteiger partial charge in [0, 0.05) is 26.2 Å². The Morgan fingerprint density at radius 2 is 1.87 bits per heavy atom. The molecule has 0 spiro atoms. The molecular weight excluding hydrogens is 208 g/mol. The van der Waals surface area contributed by atoms with Crippen LogP contribution in [0.1, 0.15) is 5.56 Å². The highest BCUT2D eigenvalue weighted by atomic mass is 35.5. The first-order valence-electron chi connectivity index (χ1n) is 5.22. The molecule has 2 rings (SSSR count). The highest BCUT2D eigenvalue weighted by molar-refractivity contribution is 6.34. The van der Waals surface area contributed by atoms with Crippen LogP contribution < -0.4 is 4.90 Å². The number of piperazine rings is 1. The first-order chi connectivity index (χ1) is 7.18. The van der Waals surface area contributed by atoms with E-state index < -0.39 is 0 Å². The van der Waals surface area contributed by atoms with Gasteiger partial charge in [-0.25, -0.2) is 0 Å². The third-order valence-electron chi connectivity index (χ3n) is 2.90. The van der Waals surface area contributed by atoms with Crippen LogP contribution in [-0.4, -0.2) is 38.1 Å². The molecule has 0 amide bonds. The molecule has 0 aliphatic carbocycles. The number of rotatable bonds is 1. The maximum atomic E-state index is 6.25. The van der Waals surface area contributed by atoms with Crippen LogP contribution in [0.2, 0.25) is 5.02 Å². The van der Waals surface area contributed by atoms with Gasteiger partial charge in [0.1, 0.15) is 0 Å². The molecule has 15 heavy (non-hydrogen) atoms. The number of nitrogens with zero attached hydrogens (tertiary/aromatic N) is 2. The third kappa shape index (κ3) is 2.27. The van der Waals surface area contributed by atoms with Gasteiger partial charge in [-0.1, -0.05) is 23.7 Å². The molecule has 1 radical (unpaired) electrons. The summed E-state index contributed by atoms with van der Waals surface area (Å²) in [6, 6.07) is 6.03. The van der Waals surface area contributed by atoms with Gasteiger partial charge in [-0.2, -0.15) is 0 Å². The van der Waals surface area contributed by atoms with Crippen molar-refractivity contribution in [1.29, 1.82) is 0 Å². The minimum atomic E-state index is 0.794. The van der Waals surface area contributed by atoms with E-state index in [1.807, 2.05) is 12.1 Å². The Bertz CT molecular complexity index is 343. The SMILES string of the molecule is [CH2]c1cccc(N2CCN(C)CC2)c1Cl. The van der Waals surface area contributed by atoms with Crippen LogP contribution in [0.4, 0.5) is 5.69 Å². The van der Waals surface area contributed by atoms with Gasteiger partial charge in [0.05, 0.1) is 10.7 Å². The van der Waals surface area contributed by atoms with Crippen LogP contribution in [0, 0.1) is 6.92 Å². The molecule has 0 atom stereocenters. The molecule has 1 aromatic rings. The summed E-state index contributed by atoms with van der Waals surface area (Å²) in [6.07, 6.45) is 0. The Morgan fingerprint density at radius 1 is 1.20 bits per heavy atom. The van der Waals surface area contributed by atoms with Crippen molar-refractivity contribution >= 4 is 17.3 Å². The lowest BCUT2D eigenvalue weighted by Crippen LogP contribution is -2.44. The van der Waals surface area contributed by atoms with E-state index in [2.05, 4.69) is 29.8 Å². The first kappa shape index (κ1) is 10.8. The molecule has 0 unspecified atom stereocenters. The molecule has 81 valence electrons. The predicted octanol–water partition coefficient (Wildman–Crippen LogP) is 2.27. The molecule has 1 fully saturated rings. The zero-order valence-corrected chi connectivity index (χ0v) is 9.80. The molecule has 1 aliphatic rings. The Labute approximate surface area is 96.4 Å². The molecule has 1 saturated heterocycles. The van der Waals surface area contributed by atoms with E-state index in [4.69, 9.17) is 11.6 Å². The molecule has 1 aliphatic heterocycles. The van der Waals surface area contributed by atoms with Crippen molar-refractivity contribution in [2.24, 2.45) is 0 Å². The summed E-state index contributed by atoms with van der Waals surface area (Å²) < 4.78 is 0. The summed E-state index contributed by atoms with van der Waals surface area (Å²) in [7, 11) is 2.15. The number of halogens is 1. The molecule has 2 nitrogen and oxygen atoms in total. The lowest BCUT2D eigenvalue weighted by atomic mass is 10.2. The second-order valence-corrected chi connectivity index (χ2v) is 4.42. The molecule has 1 aromatic carbocycles. The number of likely N-dealkylation sites (N-methyl/N-ethyl adjacent to an activating group) is 1. The average Bonchev–Trinajstić information content (AvgIpc) is 2.24. The van der Waals surface area contributed by atoms with Crippen molar-refractivity contribution in [3.8, 4) is 0 Å². The normalized spacial score (nSPS) is 18.2. The number of hydrogen-bond acceptors (Lipinski definition) is 2. The number of benzene rings is 1. The molecule has 0 bridgehead atoms. The van der Waals surface area contributed by atoms with Crippen LogP contribution in [0.15, 0.2) is 18.2 Å². The van der Waals surface area contributed by atoms with E-state index in [1.54, 1.807) is 0 Å². The van der Waals surface area contributed by atoms with Crippen LogP contribution >= 0.6 is 11.6 Å². The van der Waals surface area contributed by atoms with Gasteiger partial charge in [0.25, 0.3) is 0 Å². The van der Waals surface area contributed by atoms with Crippen molar-refractivity contribution in [3.05, 3.63) is 35.7 Å². The van der Waals surface area contributed by atoms with E-state index in [0.717, 1.165) is 42.5 Å². The second kappa shape index (κ2) is 4.42. The quantitative estimate of drug-likeness (QED) is 0.721. The van der Waals surface area contributed by atoms with Crippen molar-refractivity contribution < 1.29 is 0 Å². The van der Waals surface area contributed by atoms with Crippen molar-refractivity contribution in [2.45, 2.75) is 0 Å². The van der Waals surface area contributed by atoms with Gasteiger partial charge < -0.3 is 9.80 Å². The molecule has 1 heterocycles. The Balaban J connectivity index is 2.19. The standard InChI is InChI=1S/C12H16ClN2/c1-10-4-3-5-11(12(10)13)15-8-6-14(2)7-9-15/h3-5H,1,6-9H2,2H3. The lowest BCUT2D eigenvalue weighted by Gasteiger charge is -2.34. The van der Waals surface area contributed by atoms with Crippen molar-refractivity contribution in [1.82, 2.24) is 4.90 Å². The largest absolute Gasteiger partial charge is 0.368 e. The van der Waals surface area contributed by atoms with Gasteiger partial charge >= 0.3 is 0 Å². The molecular formula is C12H16ClN2. The lowest BCUT2D eigenvalue weighted by molar-refractivity contribution is 0.313. The Hall–Kier alpha value is -0.730. The fourth-order valence-electron chi connectivity index (χ4n) is 1.86. The molecule has 3 heteroatoms. The second-order valence-electron chi connectivity index (χ2n) is 4.04. The van der Waals surface area contributed by atoms with E-state index in [1.165, 1.54) is 0 Å². The Morgan fingerprint density at radius 3 is 2.53 bits per heavy atom. The van der Waals surface area contributed by atoms with Gasteiger partial charge in [-0.3, -0.25) is 0 Å². The summed E-state index contributed by atoms with van der Waals surface area (Å²) in [5.74, 6) is 0. The van der Waals surface area contributed by atoms with E-state index in [-0.39, 0.29) is 0 Å². The minimum absolute atomic E-state index is 0.794. The Kier molecular flexibility index (Phi) is 3.17. The third-order valence-corrected chi connectivity index (χ3v) is 3.34. The zero-order chi connectivity index (χ0) is 10.8. The number of anilines is 1. The summed E-state index contributed by atoms with van der Waals surface area (Å²) >= 11 is 6.25. The number of hydrogen-bond donors (Lipinski definition) is 0. The summed E-state index contributed by atoms with van der Waals surface area (Å²) in [5.41, 5.74) is 2.03. The average molecular weight is 224 g/mol. The topological polar surface area (TPSA) is 6.48 Å². The van der Waals surface area contributed by atoms with Gasteiger partial charge in [-0.15, -0.1) is 0 Å². The van der Waals surface area contributed by atoms with Crippen LogP contribution in [0.5, 0.6) is 0 Å². The van der Waals surface area contributed by atoms with Crippen LogP contribution in [-0.2, 0) is 0 Å². The highest BCUT2D eigenvalue weighted by Gasteiger charge is 2.16. The fourth-order valence-corrected chi connectivity index (χ4v) is 2.10. The van der Waals surface area contributed by atoms with E-state index >= 15 is 0 Å². The van der Waals surface area contributed by atoms with Crippen molar-refractivity contribution in [2.75, 3.05) is 38.1 Å². The maximum absolute atomic E-state index is 6.25. The monoisotopic (exact) mass is 223 g/mol. The summed E-state index contributed by atoms with van der Waals surface area (Å²) in [5, 5.41) is 0.794. The molecule has 0 aromatic heterocycles. The van der Waals surface area contributed by atoms with Gasteiger partial charge in [-0.05, 0) is 25.6 Å². The van der Waals surface area contributed by atoms with Crippen molar-refractivity contribution in [3.63, 3.8) is 0 Å². The molecule has 0 N–H and O–H groups in total. The highest BCUT2D eigenvalue weighted by Crippen LogP contribution is 2.29. The van der Waals surface area contributed by atoms with E-state index in [9.17, 15) is 0 Å². The summed E-state index contributed by atoms with van der Waals surface area (Å²) in [6.45, 7) is 8.19. The van der Waals surface area contributed by atoms with Crippen LogP contribution in [0.3, 0.4) is 0 Å². The maximum Gasteiger partial charge on any atom is 0.0671 e. The minimum Gasteiger partial charge on any atom is -0.368 e. The molecule has 0 saturated carbocycles. The summed E-state index contributed by atoms with van der Waals surface area (Å²) in [4.78, 5) is 4.66. The predicted molar refractivity (Wildman–Crippen MR) is 65.6 cm³/mol. The smallest absolute Gasteiger partial charge is 0.0671 e. The first-order valence-corrected chi connectivity index (χ1v) is 5.60. The van der Waals surface area contributed by atoms with Crippen LogP contribution in [0.25, 0.3) is 0 Å². The van der Waals surface area contributed by atoms with Gasteiger partial charge in [0.15, 0.2) is 0 Å². The van der Waals surface area contributed by atoms with Gasteiger partial charge in [0.2, 0.25) is 0 Å². The fraction of sp³-hybridized carbons (Fsp3) is 0.417.